The predicted octanol–water partition coefficient (Wildman–Crippen LogP) is 2.59. The smallest absolute Gasteiger partial charge is 0.410 e. The molecule has 10 heteroatoms. The Balaban J connectivity index is 1.85. The fraction of sp³-hybridized carbons (Fsp3) is 0.579. The molecule has 160 valence electrons. The maximum Gasteiger partial charge on any atom is 0.410 e. The Hall–Kier alpha value is -2.51. The first-order valence-electron chi connectivity index (χ1n) is 9.43. The molecule has 0 unspecified atom stereocenters. The third kappa shape index (κ3) is 7.44. The number of anilines is 1. The van der Waals surface area contributed by atoms with Gasteiger partial charge in [-0.2, -0.15) is 13.7 Å². The maximum atomic E-state index is 12.1. The van der Waals surface area contributed by atoms with Crippen LogP contribution >= 0.6 is 0 Å². The van der Waals surface area contributed by atoms with E-state index in [1.165, 1.54) is 6.07 Å². The first kappa shape index (κ1) is 22.8. The Bertz CT molecular complexity index is 866. The van der Waals surface area contributed by atoms with E-state index in [1.54, 1.807) is 17.0 Å². The minimum Gasteiger partial charge on any atom is -0.492 e. The number of amides is 1. The number of hydrogen-bond donors (Lipinski definition) is 2. The van der Waals surface area contributed by atoms with E-state index in [-0.39, 0.29) is 17.3 Å². The third-order valence-corrected chi connectivity index (χ3v) is 4.94. The summed E-state index contributed by atoms with van der Waals surface area (Å²) in [5.41, 5.74) is -0.341. The van der Waals surface area contributed by atoms with Crippen molar-refractivity contribution >= 4 is 22.0 Å². The number of likely N-dealkylation sites (tertiary alicyclic amines) is 1. The molecular formula is C19H28N4O5S. The lowest BCUT2D eigenvalue weighted by Crippen LogP contribution is -2.41. The van der Waals surface area contributed by atoms with Crippen LogP contribution in [0.4, 0.5) is 10.5 Å². The molecule has 1 fully saturated rings. The highest BCUT2D eigenvalue weighted by Crippen LogP contribution is 2.27. The van der Waals surface area contributed by atoms with Gasteiger partial charge in [0.15, 0.2) is 0 Å². The van der Waals surface area contributed by atoms with Crippen molar-refractivity contribution in [1.29, 1.82) is 5.26 Å². The van der Waals surface area contributed by atoms with Gasteiger partial charge in [0.2, 0.25) is 0 Å². The second-order valence-electron chi connectivity index (χ2n) is 7.99. The van der Waals surface area contributed by atoms with Crippen molar-refractivity contribution in [2.45, 2.75) is 45.6 Å². The SMILES string of the molecule is CC(C)(C)OC(=O)N1CCC(CCOc2cccc(NS(N)(=O)=O)c2C#N)CC1. The van der Waals surface area contributed by atoms with E-state index >= 15 is 0 Å². The summed E-state index contributed by atoms with van der Waals surface area (Å²) in [6, 6.07) is 6.59. The second-order valence-corrected chi connectivity index (χ2v) is 9.28. The molecule has 1 aliphatic heterocycles. The van der Waals surface area contributed by atoms with Gasteiger partial charge in [-0.25, -0.2) is 9.93 Å². The van der Waals surface area contributed by atoms with Crippen molar-refractivity contribution in [3.63, 3.8) is 0 Å². The number of rotatable bonds is 6. The van der Waals surface area contributed by atoms with E-state index in [2.05, 4.69) is 4.72 Å². The van der Waals surface area contributed by atoms with Gasteiger partial charge in [0, 0.05) is 13.1 Å². The molecule has 0 saturated carbocycles. The molecule has 1 aromatic rings. The number of ether oxygens (including phenoxy) is 2. The van der Waals surface area contributed by atoms with Gasteiger partial charge in [0.05, 0.1) is 12.3 Å². The van der Waals surface area contributed by atoms with Gasteiger partial charge in [-0.05, 0) is 58.1 Å². The Morgan fingerprint density at radius 3 is 2.55 bits per heavy atom. The number of piperidine rings is 1. The number of benzene rings is 1. The zero-order valence-corrected chi connectivity index (χ0v) is 17.8. The van der Waals surface area contributed by atoms with Crippen LogP contribution in [0.1, 0.15) is 45.6 Å². The molecule has 29 heavy (non-hydrogen) atoms. The number of nitriles is 1. The van der Waals surface area contributed by atoms with Gasteiger partial charge < -0.3 is 14.4 Å². The van der Waals surface area contributed by atoms with E-state index < -0.39 is 15.8 Å². The normalized spacial score (nSPS) is 15.5. The first-order chi connectivity index (χ1) is 13.5. The van der Waals surface area contributed by atoms with Crippen LogP contribution in [0.3, 0.4) is 0 Å². The third-order valence-electron chi connectivity index (χ3n) is 4.44. The molecule has 0 bridgehead atoms. The number of nitrogens with zero attached hydrogens (tertiary/aromatic N) is 2. The minimum atomic E-state index is -3.99. The predicted molar refractivity (Wildman–Crippen MR) is 109 cm³/mol. The largest absolute Gasteiger partial charge is 0.492 e. The Morgan fingerprint density at radius 2 is 2.00 bits per heavy atom. The van der Waals surface area contributed by atoms with Crippen LogP contribution in [0, 0.1) is 17.2 Å². The van der Waals surface area contributed by atoms with Crippen molar-refractivity contribution in [3.8, 4) is 11.8 Å². The van der Waals surface area contributed by atoms with Crippen LogP contribution in [0.2, 0.25) is 0 Å². The quantitative estimate of drug-likeness (QED) is 0.721. The monoisotopic (exact) mass is 424 g/mol. The molecule has 0 atom stereocenters. The van der Waals surface area contributed by atoms with Crippen molar-refractivity contribution in [2.24, 2.45) is 11.1 Å². The minimum absolute atomic E-state index is 0.0816. The van der Waals surface area contributed by atoms with Gasteiger partial charge in [0.1, 0.15) is 23.0 Å². The standard InChI is InChI=1S/C19H28N4O5S/c1-19(2,3)28-18(24)23-10-7-14(8-11-23)9-12-27-17-6-4-5-16(15(17)13-20)22-29(21,25)26/h4-6,14,22H,7-12H2,1-3H3,(H2,21,25,26). The lowest BCUT2D eigenvalue weighted by atomic mass is 9.94. The van der Waals surface area contributed by atoms with Crippen LogP contribution in [-0.4, -0.2) is 44.7 Å². The molecule has 3 N–H and O–H groups in total. The highest BCUT2D eigenvalue weighted by atomic mass is 32.2. The number of nitrogens with one attached hydrogen (secondary N) is 1. The molecule has 9 nitrogen and oxygen atoms in total. The summed E-state index contributed by atoms with van der Waals surface area (Å²) in [5, 5.41) is 14.3. The van der Waals surface area contributed by atoms with Gasteiger partial charge in [0.25, 0.3) is 10.2 Å². The number of hydrogen-bond acceptors (Lipinski definition) is 6. The summed E-state index contributed by atoms with van der Waals surface area (Å²) >= 11 is 0. The highest BCUT2D eigenvalue weighted by molar-refractivity contribution is 7.90. The zero-order valence-electron chi connectivity index (χ0n) is 17.0. The molecule has 1 amide bonds. The fourth-order valence-electron chi connectivity index (χ4n) is 3.07. The Kier molecular flexibility index (Phi) is 7.32. The van der Waals surface area contributed by atoms with E-state index in [1.807, 2.05) is 26.8 Å². The molecule has 2 rings (SSSR count). The topological polar surface area (TPSA) is 135 Å². The fourth-order valence-corrected chi connectivity index (χ4v) is 3.55. The summed E-state index contributed by atoms with van der Waals surface area (Å²) in [6.45, 7) is 7.19. The van der Waals surface area contributed by atoms with Crippen LogP contribution in [-0.2, 0) is 14.9 Å². The molecule has 1 heterocycles. The summed E-state index contributed by atoms with van der Waals surface area (Å²) in [4.78, 5) is 13.8. The van der Waals surface area contributed by atoms with Gasteiger partial charge in [-0.15, -0.1) is 0 Å². The molecule has 0 radical (unpaired) electrons. The van der Waals surface area contributed by atoms with Crippen molar-refractivity contribution in [2.75, 3.05) is 24.4 Å². The van der Waals surface area contributed by atoms with E-state index in [0.29, 0.717) is 31.4 Å². The average Bonchev–Trinajstić information content (AvgIpc) is 2.59. The van der Waals surface area contributed by atoms with Crippen LogP contribution in [0.5, 0.6) is 5.75 Å². The summed E-state index contributed by atoms with van der Waals surface area (Å²) in [5.74, 6) is 0.692. The van der Waals surface area contributed by atoms with E-state index in [0.717, 1.165) is 19.3 Å². The highest BCUT2D eigenvalue weighted by Gasteiger charge is 2.26. The molecular weight excluding hydrogens is 396 g/mol. The zero-order chi connectivity index (χ0) is 21.7. The lowest BCUT2D eigenvalue weighted by Gasteiger charge is -2.33. The average molecular weight is 425 g/mol. The summed E-state index contributed by atoms with van der Waals surface area (Å²) < 4.78 is 35.7. The molecule has 1 aliphatic rings. The van der Waals surface area contributed by atoms with Crippen molar-refractivity contribution in [1.82, 2.24) is 4.90 Å². The van der Waals surface area contributed by atoms with Crippen LogP contribution < -0.4 is 14.6 Å². The van der Waals surface area contributed by atoms with E-state index in [9.17, 15) is 18.5 Å². The Labute approximate surface area is 171 Å². The first-order valence-corrected chi connectivity index (χ1v) is 11.0. The van der Waals surface area contributed by atoms with Crippen LogP contribution in [0.15, 0.2) is 18.2 Å². The summed E-state index contributed by atoms with van der Waals surface area (Å²) in [7, 11) is -3.99. The second kappa shape index (κ2) is 9.33. The van der Waals surface area contributed by atoms with Gasteiger partial charge in [-0.3, -0.25) is 4.72 Å². The van der Waals surface area contributed by atoms with Gasteiger partial charge in [-0.1, -0.05) is 6.07 Å². The van der Waals surface area contributed by atoms with Gasteiger partial charge >= 0.3 is 6.09 Å². The molecule has 1 aromatic carbocycles. The number of carbonyl (C=O) groups excluding carboxylic acids is 1. The summed E-state index contributed by atoms with van der Waals surface area (Å²) in [6.07, 6.45) is 2.17. The Morgan fingerprint density at radius 1 is 1.34 bits per heavy atom. The maximum absolute atomic E-state index is 12.1. The molecule has 0 spiro atoms. The number of carbonyl (C=O) groups is 1. The van der Waals surface area contributed by atoms with E-state index in [4.69, 9.17) is 14.6 Å². The van der Waals surface area contributed by atoms with Crippen LogP contribution in [0.25, 0.3) is 0 Å². The van der Waals surface area contributed by atoms with Crippen molar-refractivity contribution < 1.29 is 22.7 Å². The molecule has 0 aliphatic carbocycles. The number of nitrogens with two attached hydrogens (primary N) is 1. The molecule has 1 saturated heterocycles. The van der Waals surface area contributed by atoms with Crippen molar-refractivity contribution in [3.05, 3.63) is 23.8 Å². The molecule has 0 aromatic heterocycles. The lowest BCUT2D eigenvalue weighted by molar-refractivity contribution is 0.0177.